The van der Waals surface area contributed by atoms with E-state index < -0.39 is 0 Å². The molecule has 19 heavy (non-hydrogen) atoms. The maximum Gasteiger partial charge on any atom is 0.308 e. The average Bonchev–Trinajstić information content (AvgIpc) is 2.39. The van der Waals surface area contributed by atoms with Crippen molar-refractivity contribution in [3.05, 3.63) is 0 Å². The van der Waals surface area contributed by atoms with Gasteiger partial charge in [0, 0.05) is 19.6 Å². The topological polar surface area (TPSA) is 79.2 Å². The van der Waals surface area contributed by atoms with Crippen LogP contribution >= 0.6 is 0 Å². The zero-order valence-corrected chi connectivity index (χ0v) is 11.8. The van der Waals surface area contributed by atoms with Gasteiger partial charge in [-0.05, 0) is 6.42 Å². The summed E-state index contributed by atoms with van der Waals surface area (Å²) in [5, 5.41) is 17.6. The van der Waals surface area contributed by atoms with E-state index in [9.17, 15) is 4.79 Å². The maximum absolute atomic E-state index is 11.2. The monoisotopic (exact) mass is 277 g/mol. The highest BCUT2D eigenvalue weighted by Gasteiger charge is 2.05. The number of esters is 1. The summed E-state index contributed by atoms with van der Waals surface area (Å²) >= 11 is 0. The molecule has 0 aromatic carbocycles. The summed E-state index contributed by atoms with van der Waals surface area (Å²) in [6.07, 6.45) is 2.17. The van der Waals surface area contributed by atoms with Crippen LogP contribution in [0.5, 0.6) is 0 Å². The quantitative estimate of drug-likeness (QED) is 0.365. The van der Waals surface area contributed by atoms with Crippen molar-refractivity contribution >= 4 is 5.97 Å². The Balaban J connectivity index is 3.44. The minimum absolute atomic E-state index is 0.0593. The molecule has 0 aliphatic rings. The zero-order chi connectivity index (χ0) is 14.3. The Morgan fingerprint density at radius 1 is 1.05 bits per heavy atom. The first-order chi connectivity index (χ1) is 9.24. The summed E-state index contributed by atoms with van der Waals surface area (Å²) < 4.78 is 10.3. The van der Waals surface area contributed by atoms with Gasteiger partial charge in [-0.25, -0.2) is 0 Å². The van der Waals surface area contributed by atoms with Crippen molar-refractivity contribution in [2.75, 3.05) is 52.7 Å². The van der Waals surface area contributed by atoms with Gasteiger partial charge in [0.25, 0.3) is 0 Å². The van der Waals surface area contributed by atoms with Gasteiger partial charge in [0.2, 0.25) is 0 Å². The third kappa shape index (κ3) is 12.1. The van der Waals surface area contributed by atoms with E-state index in [4.69, 9.17) is 19.7 Å². The molecular formula is C13H27NO5. The number of unbranched alkanes of at least 4 members (excludes halogenated alkanes) is 1. The van der Waals surface area contributed by atoms with Crippen molar-refractivity contribution < 1.29 is 24.5 Å². The molecule has 0 aliphatic carbocycles. The van der Waals surface area contributed by atoms with Gasteiger partial charge in [-0.3, -0.25) is 9.69 Å². The van der Waals surface area contributed by atoms with Crippen molar-refractivity contribution in [3.8, 4) is 0 Å². The highest BCUT2D eigenvalue weighted by Crippen LogP contribution is 1.94. The van der Waals surface area contributed by atoms with E-state index in [-0.39, 0.29) is 25.6 Å². The lowest BCUT2D eigenvalue weighted by Crippen LogP contribution is -2.33. The largest absolute Gasteiger partial charge is 0.466 e. The van der Waals surface area contributed by atoms with Gasteiger partial charge in [-0.15, -0.1) is 0 Å². The predicted molar refractivity (Wildman–Crippen MR) is 71.9 cm³/mol. The fourth-order valence-corrected chi connectivity index (χ4v) is 1.47. The third-order valence-electron chi connectivity index (χ3n) is 2.60. The minimum Gasteiger partial charge on any atom is -0.466 e. The van der Waals surface area contributed by atoms with Crippen LogP contribution in [0.4, 0.5) is 0 Å². The third-order valence-corrected chi connectivity index (χ3v) is 2.60. The lowest BCUT2D eigenvalue weighted by atomic mass is 10.4. The van der Waals surface area contributed by atoms with Crippen LogP contribution in [0.1, 0.15) is 26.2 Å². The fourth-order valence-electron chi connectivity index (χ4n) is 1.47. The van der Waals surface area contributed by atoms with Crippen LogP contribution in [0.2, 0.25) is 0 Å². The lowest BCUT2D eigenvalue weighted by molar-refractivity contribution is -0.145. The molecule has 0 unspecified atom stereocenters. The molecule has 0 aliphatic heterocycles. The number of ether oxygens (including phenoxy) is 2. The van der Waals surface area contributed by atoms with E-state index >= 15 is 0 Å². The Morgan fingerprint density at radius 3 is 2.32 bits per heavy atom. The Labute approximate surface area is 115 Å². The second-order valence-electron chi connectivity index (χ2n) is 4.23. The van der Waals surface area contributed by atoms with Crippen LogP contribution < -0.4 is 0 Å². The Morgan fingerprint density at radius 2 is 1.74 bits per heavy atom. The molecular weight excluding hydrogens is 250 g/mol. The second kappa shape index (κ2) is 13.7. The Bertz CT molecular complexity index is 207. The molecule has 0 radical (unpaired) electrons. The molecule has 114 valence electrons. The fraction of sp³-hybridized carbons (Fsp3) is 0.923. The molecule has 0 atom stereocenters. The smallest absolute Gasteiger partial charge is 0.308 e. The molecule has 0 aromatic heterocycles. The van der Waals surface area contributed by atoms with E-state index in [1.54, 1.807) is 0 Å². The SMILES string of the molecule is CCCCOC(=O)CCOCCN(CCO)CCO. The van der Waals surface area contributed by atoms with Gasteiger partial charge >= 0.3 is 5.97 Å². The number of carbonyl (C=O) groups is 1. The van der Waals surface area contributed by atoms with Gasteiger partial charge in [0.05, 0.1) is 39.5 Å². The first kappa shape index (κ1) is 18.3. The van der Waals surface area contributed by atoms with Crippen LogP contribution in [-0.2, 0) is 14.3 Å². The van der Waals surface area contributed by atoms with E-state index in [1.807, 2.05) is 11.8 Å². The molecule has 0 saturated heterocycles. The summed E-state index contributed by atoms with van der Waals surface area (Å²) in [4.78, 5) is 13.1. The Hall–Kier alpha value is -0.690. The van der Waals surface area contributed by atoms with Gasteiger partial charge < -0.3 is 19.7 Å². The Kier molecular flexibility index (Phi) is 13.2. The highest BCUT2D eigenvalue weighted by atomic mass is 16.5. The molecule has 0 spiro atoms. The number of aliphatic hydroxyl groups excluding tert-OH is 2. The van der Waals surface area contributed by atoms with Crippen LogP contribution in [0, 0.1) is 0 Å². The van der Waals surface area contributed by atoms with Crippen LogP contribution in [0.3, 0.4) is 0 Å². The van der Waals surface area contributed by atoms with Crippen LogP contribution in [0.25, 0.3) is 0 Å². The maximum atomic E-state index is 11.2. The molecule has 6 heteroatoms. The summed E-state index contributed by atoms with van der Waals surface area (Å²) in [6.45, 7) is 5.13. The minimum atomic E-state index is -0.226. The lowest BCUT2D eigenvalue weighted by Gasteiger charge is -2.19. The molecule has 2 N–H and O–H groups in total. The summed E-state index contributed by atoms with van der Waals surface area (Å²) in [7, 11) is 0. The van der Waals surface area contributed by atoms with Gasteiger partial charge in [0.1, 0.15) is 0 Å². The van der Waals surface area contributed by atoms with Crippen LogP contribution in [0.15, 0.2) is 0 Å². The molecule has 0 saturated carbocycles. The van der Waals surface area contributed by atoms with Crippen molar-refractivity contribution in [2.45, 2.75) is 26.2 Å². The van der Waals surface area contributed by atoms with E-state index in [0.29, 0.717) is 39.5 Å². The van der Waals surface area contributed by atoms with Crippen LogP contribution in [-0.4, -0.2) is 73.8 Å². The molecule has 0 fully saturated rings. The van der Waals surface area contributed by atoms with Gasteiger partial charge in [-0.2, -0.15) is 0 Å². The summed E-state index contributed by atoms with van der Waals surface area (Å²) in [6, 6.07) is 0. The number of rotatable bonds is 13. The second-order valence-corrected chi connectivity index (χ2v) is 4.23. The predicted octanol–water partition coefficient (Wildman–Crippen LogP) is 0.0230. The number of nitrogens with zero attached hydrogens (tertiary/aromatic N) is 1. The normalized spacial score (nSPS) is 10.9. The molecule has 0 rings (SSSR count). The van der Waals surface area contributed by atoms with Crippen molar-refractivity contribution in [1.82, 2.24) is 4.90 Å². The number of hydrogen-bond acceptors (Lipinski definition) is 6. The molecule has 0 heterocycles. The molecule has 6 nitrogen and oxygen atoms in total. The van der Waals surface area contributed by atoms with Crippen molar-refractivity contribution in [2.24, 2.45) is 0 Å². The highest BCUT2D eigenvalue weighted by molar-refractivity contribution is 5.69. The summed E-state index contributed by atoms with van der Waals surface area (Å²) in [5.74, 6) is -0.226. The first-order valence-electron chi connectivity index (χ1n) is 6.92. The van der Waals surface area contributed by atoms with E-state index in [1.165, 1.54) is 0 Å². The van der Waals surface area contributed by atoms with Crippen molar-refractivity contribution in [3.63, 3.8) is 0 Å². The van der Waals surface area contributed by atoms with Crippen molar-refractivity contribution in [1.29, 1.82) is 0 Å². The standard InChI is InChI=1S/C13H27NO5/c1-2-3-10-19-13(17)4-11-18-12-7-14(5-8-15)6-9-16/h15-16H,2-12H2,1H3. The zero-order valence-electron chi connectivity index (χ0n) is 11.8. The molecule has 0 bridgehead atoms. The first-order valence-corrected chi connectivity index (χ1v) is 6.92. The number of aliphatic hydroxyl groups is 2. The van der Waals surface area contributed by atoms with Gasteiger partial charge in [0.15, 0.2) is 0 Å². The summed E-state index contributed by atoms with van der Waals surface area (Å²) in [5.41, 5.74) is 0. The van der Waals surface area contributed by atoms with Gasteiger partial charge in [-0.1, -0.05) is 13.3 Å². The van der Waals surface area contributed by atoms with E-state index in [2.05, 4.69) is 0 Å². The average molecular weight is 277 g/mol. The number of carbonyl (C=O) groups excluding carboxylic acids is 1. The molecule has 0 amide bonds. The molecule has 0 aromatic rings. The van der Waals surface area contributed by atoms with E-state index in [0.717, 1.165) is 12.8 Å². The number of hydrogen-bond donors (Lipinski definition) is 2.